The highest BCUT2D eigenvalue weighted by molar-refractivity contribution is 7.89. The van der Waals surface area contributed by atoms with Gasteiger partial charge in [0.2, 0.25) is 10.0 Å². The summed E-state index contributed by atoms with van der Waals surface area (Å²) in [5, 5.41) is 4.55. The largest absolute Gasteiger partial charge is 0.367 e. The van der Waals surface area contributed by atoms with Crippen molar-refractivity contribution in [2.45, 2.75) is 11.0 Å². The van der Waals surface area contributed by atoms with E-state index in [1.165, 1.54) is 4.31 Å². The van der Waals surface area contributed by atoms with Crippen LogP contribution >= 0.6 is 0 Å². The van der Waals surface area contributed by atoms with E-state index in [1.807, 2.05) is 30.5 Å². The Hall–Kier alpha value is -3.14. The first-order chi connectivity index (χ1) is 14.6. The standard InChI is InChI=1S/C21H19N5O3S/c27-30(28,18-6-2-1-3-7-18)25-11-12-29-19(15-25)21-23-20-9-8-17(14-26(20)24-21)16-5-4-10-22-13-16/h1-10,13-14,19H,11-12,15H2. The third-order valence-corrected chi connectivity index (χ3v) is 6.92. The Morgan fingerprint density at radius 1 is 1.00 bits per heavy atom. The molecule has 1 unspecified atom stereocenters. The Kier molecular flexibility index (Phi) is 4.78. The van der Waals surface area contributed by atoms with Crippen molar-refractivity contribution in [3.63, 3.8) is 0 Å². The molecule has 0 saturated carbocycles. The van der Waals surface area contributed by atoms with Crippen molar-refractivity contribution in [2.75, 3.05) is 19.7 Å². The van der Waals surface area contributed by atoms with Crippen LogP contribution < -0.4 is 0 Å². The number of rotatable bonds is 4. The average molecular weight is 421 g/mol. The molecule has 1 aromatic carbocycles. The van der Waals surface area contributed by atoms with Crippen LogP contribution in [0.1, 0.15) is 11.9 Å². The van der Waals surface area contributed by atoms with E-state index in [9.17, 15) is 8.42 Å². The van der Waals surface area contributed by atoms with Crippen molar-refractivity contribution >= 4 is 15.7 Å². The molecule has 1 atom stereocenters. The minimum Gasteiger partial charge on any atom is -0.367 e. The van der Waals surface area contributed by atoms with Gasteiger partial charge in [-0.2, -0.15) is 4.31 Å². The number of ether oxygens (including phenoxy) is 1. The lowest BCUT2D eigenvalue weighted by atomic mass is 10.1. The summed E-state index contributed by atoms with van der Waals surface area (Å²) in [5.41, 5.74) is 2.61. The number of hydrogen-bond acceptors (Lipinski definition) is 6. The second-order valence-electron chi connectivity index (χ2n) is 6.97. The second-order valence-corrected chi connectivity index (χ2v) is 8.91. The Balaban J connectivity index is 1.42. The van der Waals surface area contributed by atoms with Gasteiger partial charge in [0.05, 0.1) is 11.5 Å². The summed E-state index contributed by atoms with van der Waals surface area (Å²) in [4.78, 5) is 8.97. The summed E-state index contributed by atoms with van der Waals surface area (Å²) in [6.45, 7) is 0.753. The summed E-state index contributed by atoms with van der Waals surface area (Å²) in [6, 6.07) is 16.1. The Bertz CT molecular complexity index is 1280. The molecular formula is C21H19N5O3S. The van der Waals surface area contributed by atoms with Gasteiger partial charge in [-0.25, -0.2) is 17.9 Å². The van der Waals surface area contributed by atoms with Crippen molar-refractivity contribution in [2.24, 2.45) is 0 Å². The summed E-state index contributed by atoms with van der Waals surface area (Å²) in [5.74, 6) is 0.464. The van der Waals surface area contributed by atoms with Gasteiger partial charge >= 0.3 is 0 Å². The summed E-state index contributed by atoms with van der Waals surface area (Å²) < 4.78 is 34.8. The van der Waals surface area contributed by atoms with Crippen LogP contribution in [0, 0.1) is 0 Å². The molecule has 4 heterocycles. The SMILES string of the molecule is O=S(=O)(c1ccccc1)N1CCOC(c2nc3ccc(-c4cccnc4)cn3n2)C1. The number of aromatic nitrogens is 4. The van der Waals surface area contributed by atoms with Gasteiger partial charge < -0.3 is 4.74 Å². The quantitative estimate of drug-likeness (QED) is 0.503. The van der Waals surface area contributed by atoms with Crippen LogP contribution in [0.2, 0.25) is 0 Å². The van der Waals surface area contributed by atoms with Gasteiger partial charge in [-0.1, -0.05) is 24.3 Å². The van der Waals surface area contributed by atoms with Crippen molar-refractivity contribution < 1.29 is 13.2 Å². The van der Waals surface area contributed by atoms with Crippen LogP contribution in [0.4, 0.5) is 0 Å². The van der Waals surface area contributed by atoms with E-state index in [0.717, 1.165) is 11.1 Å². The van der Waals surface area contributed by atoms with Gasteiger partial charge in [0.15, 0.2) is 11.5 Å². The summed E-state index contributed by atoms with van der Waals surface area (Å²) in [7, 11) is -3.59. The van der Waals surface area contributed by atoms with Crippen LogP contribution in [-0.2, 0) is 14.8 Å². The Labute approximate surface area is 173 Å². The zero-order valence-corrected chi connectivity index (χ0v) is 16.8. The number of sulfonamides is 1. The number of morpholine rings is 1. The average Bonchev–Trinajstić information content (AvgIpc) is 3.24. The molecule has 1 aliphatic heterocycles. The molecule has 1 saturated heterocycles. The maximum absolute atomic E-state index is 13.0. The van der Waals surface area contributed by atoms with Crippen LogP contribution in [-0.4, -0.2) is 52.0 Å². The molecule has 3 aromatic heterocycles. The molecule has 0 radical (unpaired) electrons. The molecule has 30 heavy (non-hydrogen) atoms. The van der Waals surface area contributed by atoms with Gasteiger partial charge in [-0.3, -0.25) is 4.98 Å². The molecule has 5 rings (SSSR count). The predicted octanol–water partition coefficient (Wildman–Crippen LogP) is 2.55. The van der Waals surface area contributed by atoms with E-state index >= 15 is 0 Å². The van der Waals surface area contributed by atoms with E-state index in [1.54, 1.807) is 47.2 Å². The lowest BCUT2D eigenvalue weighted by Crippen LogP contribution is -2.42. The molecular weight excluding hydrogens is 402 g/mol. The first-order valence-electron chi connectivity index (χ1n) is 9.55. The van der Waals surface area contributed by atoms with E-state index in [0.29, 0.717) is 18.0 Å². The molecule has 1 fully saturated rings. The molecule has 4 aromatic rings. The van der Waals surface area contributed by atoms with Crippen molar-refractivity contribution in [3.05, 3.63) is 79.0 Å². The smallest absolute Gasteiger partial charge is 0.243 e. The van der Waals surface area contributed by atoms with Crippen molar-refractivity contribution in [3.8, 4) is 11.1 Å². The number of pyridine rings is 2. The molecule has 0 bridgehead atoms. The third-order valence-electron chi connectivity index (χ3n) is 5.04. The van der Waals surface area contributed by atoms with E-state index < -0.39 is 16.1 Å². The minimum atomic E-state index is -3.59. The fourth-order valence-electron chi connectivity index (χ4n) is 3.48. The van der Waals surface area contributed by atoms with E-state index in [2.05, 4.69) is 15.1 Å². The molecule has 1 aliphatic rings. The summed E-state index contributed by atoms with van der Waals surface area (Å²) >= 11 is 0. The molecule has 0 spiro atoms. The van der Waals surface area contributed by atoms with Gasteiger partial charge in [0, 0.05) is 42.8 Å². The molecule has 8 nitrogen and oxygen atoms in total. The molecule has 0 aliphatic carbocycles. The monoisotopic (exact) mass is 421 g/mol. The van der Waals surface area contributed by atoms with Crippen molar-refractivity contribution in [1.82, 2.24) is 23.9 Å². The van der Waals surface area contributed by atoms with Crippen LogP contribution in [0.15, 0.2) is 78.1 Å². The third kappa shape index (κ3) is 3.47. The minimum absolute atomic E-state index is 0.170. The zero-order valence-electron chi connectivity index (χ0n) is 16.0. The Morgan fingerprint density at radius 2 is 1.87 bits per heavy atom. The molecule has 0 amide bonds. The number of hydrogen-bond donors (Lipinski definition) is 0. The number of nitrogens with zero attached hydrogens (tertiary/aromatic N) is 5. The van der Waals surface area contributed by atoms with Crippen LogP contribution in [0.25, 0.3) is 16.8 Å². The second kappa shape index (κ2) is 7.60. The van der Waals surface area contributed by atoms with Gasteiger partial charge in [0.25, 0.3) is 0 Å². The molecule has 9 heteroatoms. The predicted molar refractivity (Wildman–Crippen MR) is 110 cm³/mol. The first kappa shape index (κ1) is 18.9. The molecule has 152 valence electrons. The van der Waals surface area contributed by atoms with Gasteiger partial charge in [0.1, 0.15) is 6.10 Å². The number of fused-ring (bicyclic) bond motifs is 1. The van der Waals surface area contributed by atoms with E-state index in [4.69, 9.17) is 4.74 Å². The highest BCUT2D eigenvalue weighted by Gasteiger charge is 2.33. The maximum Gasteiger partial charge on any atom is 0.243 e. The lowest BCUT2D eigenvalue weighted by Gasteiger charge is -2.30. The topological polar surface area (TPSA) is 89.7 Å². The molecule has 0 N–H and O–H groups in total. The maximum atomic E-state index is 13.0. The van der Waals surface area contributed by atoms with Crippen LogP contribution in [0.5, 0.6) is 0 Å². The highest BCUT2D eigenvalue weighted by atomic mass is 32.2. The normalized spacial score (nSPS) is 17.9. The van der Waals surface area contributed by atoms with Crippen LogP contribution in [0.3, 0.4) is 0 Å². The fraction of sp³-hybridized carbons (Fsp3) is 0.190. The Morgan fingerprint density at radius 3 is 2.67 bits per heavy atom. The highest BCUT2D eigenvalue weighted by Crippen LogP contribution is 2.26. The van der Waals surface area contributed by atoms with E-state index in [-0.39, 0.29) is 18.0 Å². The number of benzene rings is 1. The van der Waals surface area contributed by atoms with Crippen molar-refractivity contribution in [1.29, 1.82) is 0 Å². The van der Waals surface area contributed by atoms with Gasteiger partial charge in [-0.15, -0.1) is 5.10 Å². The zero-order chi connectivity index (χ0) is 20.6. The first-order valence-corrected chi connectivity index (χ1v) is 11.0. The fourth-order valence-corrected chi connectivity index (χ4v) is 4.93. The van der Waals surface area contributed by atoms with Gasteiger partial charge in [-0.05, 0) is 30.3 Å². The lowest BCUT2D eigenvalue weighted by molar-refractivity contribution is -0.00737. The summed E-state index contributed by atoms with van der Waals surface area (Å²) in [6.07, 6.45) is 4.87.